The van der Waals surface area contributed by atoms with E-state index < -0.39 is 20.8 Å². The normalized spacial score (nSPS) is 38.4. The molecule has 0 saturated carbocycles. The highest BCUT2D eigenvalue weighted by molar-refractivity contribution is 7.90. The second-order valence-electron chi connectivity index (χ2n) is 7.27. The van der Waals surface area contributed by atoms with E-state index in [1.54, 1.807) is 9.21 Å². The summed E-state index contributed by atoms with van der Waals surface area (Å²) >= 11 is 0. The molecular weight excluding hydrogens is 292 g/mol. The Balaban J connectivity index is 1.89. The van der Waals surface area contributed by atoms with Gasteiger partial charge in [0.1, 0.15) is 0 Å². The second kappa shape index (κ2) is 4.67. The van der Waals surface area contributed by atoms with Crippen LogP contribution >= 0.6 is 0 Å². The Kier molecular flexibility index (Phi) is 3.39. The third-order valence-electron chi connectivity index (χ3n) is 5.16. The standard InChI is InChI=1S/C14H24N2O4S/c1-13(2)10-20-8-7-15(13)12(17)11-9-14(3)5-4-6-16(14)21(11,18)19/h11H,4-10H2,1-3H3. The molecule has 3 fully saturated rings. The first-order valence-corrected chi connectivity index (χ1v) is 9.10. The summed E-state index contributed by atoms with van der Waals surface area (Å²) < 4.78 is 32.4. The van der Waals surface area contributed by atoms with Gasteiger partial charge in [-0.25, -0.2) is 8.42 Å². The molecule has 2 atom stereocenters. The van der Waals surface area contributed by atoms with Crippen molar-refractivity contribution in [2.75, 3.05) is 26.3 Å². The Morgan fingerprint density at radius 1 is 1.24 bits per heavy atom. The summed E-state index contributed by atoms with van der Waals surface area (Å²) in [6, 6.07) is 0. The SMILES string of the molecule is CC1(C)COCCN1C(=O)C1CC2(C)CCCN2S1(=O)=O. The predicted molar refractivity (Wildman–Crippen MR) is 78.3 cm³/mol. The van der Waals surface area contributed by atoms with Crippen molar-refractivity contribution >= 4 is 15.9 Å². The van der Waals surface area contributed by atoms with Gasteiger partial charge in [-0.1, -0.05) is 0 Å². The number of amides is 1. The Labute approximate surface area is 126 Å². The fraction of sp³-hybridized carbons (Fsp3) is 0.929. The molecule has 0 bridgehead atoms. The average molecular weight is 316 g/mol. The summed E-state index contributed by atoms with van der Waals surface area (Å²) in [6.45, 7) is 7.76. The molecule has 0 aromatic rings. The monoisotopic (exact) mass is 316 g/mol. The van der Waals surface area contributed by atoms with Gasteiger partial charge in [0.15, 0.2) is 5.25 Å². The lowest BCUT2D eigenvalue weighted by atomic mass is 9.93. The first kappa shape index (κ1) is 15.2. The van der Waals surface area contributed by atoms with E-state index in [1.165, 1.54) is 0 Å². The van der Waals surface area contributed by atoms with Gasteiger partial charge in [-0.2, -0.15) is 4.31 Å². The summed E-state index contributed by atoms with van der Waals surface area (Å²) in [6.07, 6.45) is 2.16. The number of morpholine rings is 1. The van der Waals surface area contributed by atoms with Crippen LogP contribution in [-0.4, -0.2) is 66.2 Å². The number of hydrogen-bond acceptors (Lipinski definition) is 4. The molecule has 0 aromatic carbocycles. The maximum Gasteiger partial charge on any atom is 0.243 e. The highest BCUT2D eigenvalue weighted by atomic mass is 32.2. The summed E-state index contributed by atoms with van der Waals surface area (Å²) in [5, 5.41) is -0.917. The minimum atomic E-state index is -3.52. The molecule has 3 heterocycles. The van der Waals surface area contributed by atoms with Crippen molar-refractivity contribution in [3.05, 3.63) is 0 Å². The second-order valence-corrected chi connectivity index (χ2v) is 9.30. The Bertz CT molecular complexity index is 559. The minimum Gasteiger partial charge on any atom is -0.377 e. The molecule has 0 spiro atoms. The van der Waals surface area contributed by atoms with Crippen LogP contribution in [0.2, 0.25) is 0 Å². The molecule has 7 heteroatoms. The van der Waals surface area contributed by atoms with E-state index in [0.29, 0.717) is 32.7 Å². The number of carbonyl (C=O) groups is 1. The number of nitrogens with zero attached hydrogens (tertiary/aromatic N) is 2. The van der Waals surface area contributed by atoms with Crippen LogP contribution in [0.3, 0.4) is 0 Å². The molecule has 0 radical (unpaired) electrons. The molecule has 0 aliphatic carbocycles. The lowest BCUT2D eigenvalue weighted by Crippen LogP contribution is -2.58. The van der Waals surface area contributed by atoms with Crippen LogP contribution in [0.25, 0.3) is 0 Å². The smallest absolute Gasteiger partial charge is 0.243 e. The Hall–Kier alpha value is -0.660. The minimum absolute atomic E-state index is 0.251. The molecule has 0 N–H and O–H groups in total. The molecule has 1 amide bonds. The van der Waals surface area contributed by atoms with Gasteiger partial charge in [-0.05, 0) is 40.0 Å². The summed E-state index contributed by atoms with van der Waals surface area (Å²) in [5.41, 5.74) is -0.811. The molecule has 21 heavy (non-hydrogen) atoms. The molecule has 6 nitrogen and oxygen atoms in total. The maximum atomic E-state index is 12.9. The average Bonchev–Trinajstić information content (AvgIpc) is 2.85. The first-order chi connectivity index (χ1) is 9.68. The zero-order valence-corrected chi connectivity index (χ0v) is 13.8. The van der Waals surface area contributed by atoms with Crippen LogP contribution in [0.15, 0.2) is 0 Å². The van der Waals surface area contributed by atoms with E-state index in [4.69, 9.17) is 4.74 Å². The van der Waals surface area contributed by atoms with Gasteiger partial charge in [-0.3, -0.25) is 4.79 Å². The van der Waals surface area contributed by atoms with Gasteiger partial charge in [0.25, 0.3) is 0 Å². The van der Waals surface area contributed by atoms with Crippen molar-refractivity contribution in [3.63, 3.8) is 0 Å². The molecule has 120 valence electrons. The van der Waals surface area contributed by atoms with Crippen LogP contribution in [-0.2, 0) is 19.6 Å². The van der Waals surface area contributed by atoms with Gasteiger partial charge in [0, 0.05) is 18.6 Å². The van der Waals surface area contributed by atoms with E-state index in [-0.39, 0.29) is 11.4 Å². The lowest BCUT2D eigenvalue weighted by molar-refractivity contribution is -0.146. The molecular formula is C14H24N2O4S. The Morgan fingerprint density at radius 3 is 2.57 bits per heavy atom. The molecule has 3 aliphatic heterocycles. The number of ether oxygens (including phenoxy) is 1. The third-order valence-corrected chi connectivity index (χ3v) is 7.48. The summed E-state index contributed by atoms with van der Waals surface area (Å²) in [7, 11) is -3.52. The van der Waals surface area contributed by atoms with Crippen molar-refractivity contribution in [2.24, 2.45) is 0 Å². The van der Waals surface area contributed by atoms with Crippen molar-refractivity contribution < 1.29 is 17.9 Å². The molecule has 2 unspecified atom stereocenters. The Morgan fingerprint density at radius 2 is 1.95 bits per heavy atom. The topological polar surface area (TPSA) is 66.9 Å². The van der Waals surface area contributed by atoms with Crippen LogP contribution < -0.4 is 0 Å². The van der Waals surface area contributed by atoms with Gasteiger partial charge in [0.2, 0.25) is 15.9 Å². The van der Waals surface area contributed by atoms with Gasteiger partial charge < -0.3 is 9.64 Å². The maximum absolute atomic E-state index is 12.9. The van der Waals surface area contributed by atoms with Crippen molar-refractivity contribution in [3.8, 4) is 0 Å². The van der Waals surface area contributed by atoms with Crippen molar-refractivity contribution in [1.29, 1.82) is 0 Å². The number of rotatable bonds is 1. The fourth-order valence-electron chi connectivity index (χ4n) is 3.95. The van der Waals surface area contributed by atoms with Crippen molar-refractivity contribution in [2.45, 2.75) is 56.4 Å². The van der Waals surface area contributed by atoms with Crippen LogP contribution in [0.5, 0.6) is 0 Å². The molecule has 3 aliphatic rings. The number of sulfonamides is 1. The van der Waals surface area contributed by atoms with E-state index in [9.17, 15) is 13.2 Å². The number of carbonyl (C=O) groups excluding carboxylic acids is 1. The zero-order chi connectivity index (χ0) is 15.5. The van der Waals surface area contributed by atoms with Crippen LogP contribution in [0.1, 0.15) is 40.0 Å². The van der Waals surface area contributed by atoms with Crippen LogP contribution in [0.4, 0.5) is 0 Å². The largest absolute Gasteiger partial charge is 0.377 e. The number of hydrogen-bond donors (Lipinski definition) is 0. The third kappa shape index (κ3) is 2.21. The van der Waals surface area contributed by atoms with E-state index in [2.05, 4.69) is 0 Å². The van der Waals surface area contributed by atoms with E-state index in [1.807, 2.05) is 20.8 Å². The quantitative estimate of drug-likeness (QED) is 0.710. The zero-order valence-electron chi connectivity index (χ0n) is 13.0. The highest BCUT2D eigenvalue weighted by Crippen LogP contribution is 2.45. The van der Waals surface area contributed by atoms with Crippen molar-refractivity contribution in [1.82, 2.24) is 9.21 Å². The van der Waals surface area contributed by atoms with Gasteiger partial charge >= 0.3 is 0 Å². The molecule has 3 saturated heterocycles. The van der Waals surface area contributed by atoms with Crippen LogP contribution in [0, 0.1) is 0 Å². The van der Waals surface area contributed by atoms with E-state index >= 15 is 0 Å². The van der Waals surface area contributed by atoms with Gasteiger partial charge in [-0.15, -0.1) is 0 Å². The highest BCUT2D eigenvalue weighted by Gasteiger charge is 2.58. The molecule has 3 rings (SSSR count). The number of fused-ring (bicyclic) bond motifs is 1. The summed E-state index contributed by atoms with van der Waals surface area (Å²) in [4.78, 5) is 14.6. The molecule has 0 aromatic heterocycles. The first-order valence-electron chi connectivity index (χ1n) is 7.59. The summed E-state index contributed by atoms with van der Waals surface area (Å²) in [5.74, 6) is -0.251. The predicted octanol–water partition coefficient (Wildman–Crippen LogP) is 0.580. The van der Waals surface area contributed by atoms with Gasteiger partial charge in [0.05, 0.1) is 18.8 Å². The fourth-order valence-corrected chi connectivity index (χ4v) is 6.37. The lowest BCUT2D eigenvalue weighted by Gasteiger charge is -2.43. The van der Waals surface area contributed by atoms with E-state index in [0.717, 1.165) is 12.8 Å².